The molecule has 3 rings (SSSR count). The molecule has 0 fully saturated rings. The summed E-state index contributed by atoms with van der Waals surface area (Å²) in [5.74, 6) is 1.42. The van der Waals surface area contributed by atoms with Crippen molar-refractivity contribution >= 4 is 27.1 Å². The number of anilines is 3. The zero-order chi connectivity index (χ0) is 20.0. The molecule has 0 amide bonds. The molecule has 0 aliphatic carbocycles. The van der Waals surface area contributed by atoms with E-state index in [0.717, 1.165) is 17.1 Å². The van der Waals surface area contributed by atoms with Crippen LogP contribution in [0, 0.1) is 0 Å². The van der Waals surface area contributed by atoms with Gasteiger partial charge in [-0.05, 0) is 79.7 Å². The molecule has 0 saturated carbocycles. The smallest absolute Gasteiger partial charge is 0.261 e. The number of ether oxygens (including phenoxy) is 2. The number of methoxy groups -OCH3 is 1. The van der Waals surface area contributed by atoms with Crippen molar-refractivity contribution in [3.63, 3.8) is 0 Å². The van der Waals surface area contributed by atoms with Crippen LogP contribution in [0.4, 0.5) is 17.1 Å². The van der Waals surface area contributed by atoms with Crippen LogP contribution in [0.25, 0.3) is 0 Å². The summed E-state index contributed by atoms with van der Waals surface area (Å²) in [6.45, 7) is 2.40. The summed E-state index contributed by atoms with van der Waals surface area (Å²) in [5, 5.41) is 3.25. The Balaban J connectivity index is 1.67. The van der Waals surface area contributed by atoms with E-state index in [-0.39, 0.29) is 4.90 Å². The Labute approximate surface area is 165 Å². The monoisotopic (exact) mass is 398 g/mol. The number of benzene rings is 3. The molecule has 0 spiro atoms. The van der Waals surface area contributed by atoms with E-state index >= 15 is 0 Å². The maximum atomic E-state index is 12.5. The first-order valence-electron chi connectivity index (χ1n) is 8.77. The van der Waals surface area contributed by atoms with Gasteiger partial charge in [-0.25, -0.2) is 8.42 Å². The fourth-order valence-electron chi connectivity index (χ4n) is 2.56. The number of sulfonamides is 1. The maximum Gasteiger partial charge on any atom is 0.261 e. The molecule has 0 aliphatic heterocycles. The molecule has 2 N–H and O–H groups in total. The van der Waals surface area contributed by atoms with Crippen LogP contribution in [-0.4, -0.2) is 22.1 Å². The van der Waals surface area contributed by atoms with Gasteiger partial charge in [0.1, 0.15) is 11.5 Å². The van der Waals surface area contributed by atoms with Crippen LogP contribution in [0.2, 0.25) is 0 Å². The Morgan fingerprint density at radius 2 is 1.25 bits per heavy atom. The van der Waals surface area contributed by atoms with Crippen molar-refractivity contribution in [2.24, 2.45) is 0 Å². The molecule has 0 unspecified atom stereocenters. The van der Waals surface area contributed by atoms with E-state index in [1.807, 2.05) is 31.2 Å². The summed E-state index contributed by atoms with van der Waals surface area (Å²) in [4.78, 5) is 0.177. The number of hydrogen-bond donors (Lipinski definition) is 2. The molecule has 3 aromatic carbocycles. The van der Waals surface area contributed by atoms with E-state index in [0.29, 0.717) is 18.0 Å². The maximum absolute atomic E-state index is 12.5. The van der Waals surface area contributed by atoms with Crippen molar-refractivity contribution in [3.05, 3.63) is 72.8 Å². The Hall–Kier alpha value is -3.19. The summed E-state index contributed by atoms with van der Waals surface area (Å²) in [6.07, 6.45) is 0. The van der Waals surface area contributed by atoms with E-state index in [1.165, 1.54) is 12.1 Å². The van der Waals surface area contributed by atoms with Crippen molar-refractivity contribution in [3.8, 4) is 11.5 Å². The van der Waals surface area contributed by atoms with Crippen molar-refractivity contribution in [2.75, 3.05) is 23.8 Å². The molecule has 0 bridgehead atoms. The molecule has 0 saturated heterocycles. The van der Waals surface area contributed by atoms with E-state index in [9.17, 15) is 8.42 Å². The van der Waals surface area contributed by atoms with Gasteiger partial charge in [0.05, 0.1) is 18.6 Å². The van der Waals surface area contributed by atoms with Gasteiger partial charge in [0.25, 0.3) is 10.0 Å². The van der Waals surface area contributed by atoms with Crippen molar-refractivity contribution in [1.29, 1.82) is 0 Å². The topological polar surface area (TPSA) is 76.7 Å². The number of nitrogens with one attached hydrogen (secondary N) is 2. The highest BCUT2D eigenvalue weighted by molar-refractivity contribution is 7.92. The van der Waals surface area contributed by atoms with Crippen LogP contribution in [0.3, 0.4) is 0 Å². The lowest BCUT2D eigenvalue weighted by molar-refractivity contribution is 0.340. The molecular formula is C21H22N2O4S. The van der Waals surface area contributed by atoms with Crippen molar-refractivity contribution in [1.82, 2.24) is 0 Å². The number of rotatable bonds is 8. The Morgan fingerprint density at radius 3 is 1.79 bits per heavy atom. The van der Waals surface area contributed by atoms with Gasteiger partial charge in [-0.1, -0.05) is 0 Å². The minimum absolute atomic E-state index is 0.177. The largest absolute Gasteiger partial charge is 0.497 e. The lowest BCUT2D eigenvalue weighted by atomic mass is 10.2. The number of hydrogen-bond acceptors (Lipinski definition) is 5. The van der Waals surface area contributed by atoms with Gasteiger partial charge in [-0.3, -0.25) is 4.72 Å². The third-order valence-electron chi connectivity index (χ3n) is 3.96. The van der Waals surface area contributed by atoms with Gasteiger partial charge in [0.15, 0.2) is 0 Å². The van der Waals surface area contributed by atoms with Crippen molar-refractivity contribution < 1.29 is 17.9 Å². The van der Waals surface area contributed by atoms with Gasteiger partial charge in [-0.15, -0.1) is 0 Å². The first kappa shape index (κ1) is 19.6. The van der Waals surface area contributed by atoms with Crippen LogP contribution in [-0.2, 0) is 10.0 Å². The van der Waals surface area contributed by atoms with Crippen LogP contribution >= 0.6 is 0 Å². The first-order valence-corrected chi connectivity index (χ1v) is 10.3. The molecule has 3 aromatic rings. The third kappa shape index (κ3) is 4.95. The van der Waals surface area contributed by atoms with Crippen LogP contribution in [0.1, 0.15) is 6.92 Å². The van der Waals surface area contributed by atoms with E-state index in [2.05, 4.69) is 10.0 Å². The minimum atomic E-state index is -3.66. The highest BCUT2D eigenvalue weighted by Crippen LogP contribution is 2.23. The molecule has 0 atom stereocenters. The lowest BCUT2D eigenvalue weighted by Gasteiger charge is -2.11. The third-order valence-corrected chi connectivity index (χ3v) is 5.36. The second kappa shape index (κ2) is 8.67. The van der Waals surface area contributed by atoms with Crippen LogP contribution < -0.4 is 19.5 Å². The van der Waals surface area contributed by atoms with Gasteiger partial charge in [0.2, 0.25) is 0 Å². The zero-order valence-electron chi connectivity index (χ0n) is 15.7. The summed E-state index contributed by atoms with van der Waals surface area (Å²) >= 11 is 0. The normalized spacial score (nSPS) is 10.9. The molecule has 6 nitrogen and oxygen atoms in total. The summed E-state index contributed by atoms with van der Waals surface area (Å²) in [5.41, 5.74) is 2.23. The lowest BCUT2D eigenvalue weighted by Crippen LogP contribution is -2.12. The molecule has 7 heteroatoms. The minimum Gasteiger partial charge on any atom is -0.497 e. The Bertz CT molecular complexity index is 1000. The predicted molar refractivity (Wildman–Crippen MR) is 111 cm³/mol. The predicted octanol–water partition coefficient (Wildman–Crippen LogP) is 4.64. The summed E-state index contributed by atoms with van der Waals surface area (Å²) < 4.78 is 38.1. The van der Waals surface area contributed by atoms with Gasteiger partial charge in [-0.2, -0.15) is 0 Å². The van der Waals surface area contributed by atoms with E-state index < -0.39 is 10.0 Å². The second-order valence-electron chi connectivity index (χ2n) is 5.94. The highest BCUT2D eigenvalue weighted by atomic mass is 32.2. The molecular weight excluding hydrogens is 376 g/mol. The van der Waals surface area contributed by atoms with Crippen molar-refractivity contribution in [2.45, 2.75) is 11.8 Å². The zero-order valence-corrected chi connectivity index (χ0v) is 16.5. The fraction of sp³-hybridized carbons (Fsp3) is 0.143. The molecule has 0 heterocycles. The quantitative estimate of drug-likeness (QED) is 0.578. The van der Waals surface area contributed by atoms with Gasteiger partial charge in [0, 0.05) is 17.1 Å². The van der Waals surface area contributed by atoms with E-state index in [4.69, 9.17) is 9.47 Å². The highest BCUT2D eigenvalue weighted by Gasteiger charge is 2.14. The SMILES string of the molecule is CCOc1ccc(S(=O)(=O)Nc2ccc(Nc3ccc(OC)cc3)cc2)cc1. The standard InChI is InChI=1S/C21H22N2O4S/c1-3-27-20-12-14-21(15-13-20)28(24,25)23-18-6-4-16(5-7-18)22-17-8-10-19(26-2)11-9-17/h4-15,22-23H,3H2,1-2H3. The molecule has 146 valence electrons. The van der Waals surface area contributed by atoms with Crippen LogP contribution in [0.15, 0.2) is 77.7 Å². The fourth-order valence-corrected chi connectivity index (χ4v) is 3.62. The molecule has 0 aromatic heterocycles. The van der Waals surface area contributed by atoms with Gasteiger partial charge >= 0.3 is 0 Å². The molecule has 28 heavy (non-hydrogen) atoms. The first-order chi connectivity index (χ1) is 13.5. The summed E-state index contributed by atoms with van der Waals surface area (Å²) in [7, 11) is -2.04. The molecule has 0 aliphatic rings. The van der Waals surface area contributed by atoms with E-state index in [1.54, 1.807) is 43.5 Å². The average Bonchev–Trinajstić information content (AvgIpc) is 2.70. The average molecular weight is 398 g/mol. The molecule has 0 radical (unpaired) electrons. The second-order valence-corrected chi connectivity index (χ2v) is 7.62. The van der Waals surface area contributed by atoms with Crippen LogP contribution in [0.5, 0.6) is 11.5 Å². The van der Waals surface area contributed by atoms with Gasteiger partial charge < -0.3 is 14.8 Å². The Kier molecular flexibility index (Phi) is 6.06. The summed E-state index contributed by atoms with van der Waals surface area (Å²) in [6, 6.07) is 20.9. The Morgan fingerprint density at radius 1 is 0.750 bits per heavy atom.